The first kappa shape index (κ1) is 36.5. The highest BCUT2D eigenvalue weighted by molar-refractivity contribution is 5.95. The molecule has 1 heterocycles. The number of nitrogens with two attached hydrogens (primary N) is 2. The lowest BCUT2D eigenvalue weighted by atomic mass is 10.00. The summed E-state index contributed by atoms with van der Waals surface area (Å²) in [5.74, 6) is -3.37. The first-order chi connectivity index (χ1) is 22.3. The summed E-state index contributed by atoms with van der Waals surface area (Å²) in [7, 11) is 0. The molecule has 47 heavy (non-hydrogen) atoms. The van der Waals surface area contributed by atoms with Gasteiger partial charge in [-0.3, -0.25) is 28.8 Å². The molecule has 3 rings (SSSR count). The molecular weight excluding hydrogens is 606 g/mol. The highest BCUT2D eigenvalue weighted by Crippen LogP contribution is 2.20. The summed E-state index contributed by atoms with van der Waals surface area (Å²) in [5, 5.41) is 19.6. The predicted molar refractivity (Wildman–Crippen MR) is 173 cm³/mol. The summed E-state index contributed by atoms with van der Waals surface area (Å²) < 4.78 is 0. The quantitative estimate of drug-likeness (QED) is 0.122. The SMILES string of the molecule is CC(C)C[C@H](NC(=O)[C@H](Cc1ccccc1)NC(=O)CNC(=O)CNC(=O)[C@@H](N)Cc1ccc(O)cc1)C(=O)N1CCC[C@@H]1C(N)=O. The van der Waals surface area contributed by atoms with Gasteiger partial charge in [-0.05, 0) is 54.9 Å². The Morgan fingerprint density at radius 2 is 1.47 bits per heavy atom. The third-order valence-corrected chi connectivity index (χ3v) is 7.72. The van der Waals surface area contributed by atoms with E-state index in [9.17, 15) is 33.9 Å². The molecule has 0 bridgehead atoms. The number of primary amides is 1. The van der Waals surface area contributed by atoms with Gasteiger partial charge in [0, 0.05) is 13.0 Å². The minimum absolute atomic E-state index is 0.0270. The number of phenolic OH excluding ortho intramolecular Hbond substituents is 1. The zero-order chi connectivity index (χ0) is 34.5. The second-order valence-corrected chi connectivity index (χ2v) is 12.1. The summed E-state index contributed by atoms with van der Waals surface area (Å²) >= 11 is 0. The molecule has 1 aliphatic heterocycles. The first-order valence-corrected chi connectivity index (χ1v) is 15.6. The van der Waals surface area contributed by atoms with Crippen molar-refractivity contribution >= 4 is 35.4 Å². The molecule has 1 aliphatic rings. The average molecular weight is 652 g/mol. The number of amides is 6. The van der Waals surface area contributed by atoms with E-state index in [1.807, 2.05) is 19.9 Å². The normalized spacial score (nSPS) is 16.1. The summed E-state index contributed by atoms with van der Waals surface area (Å²) in [6, 6.07) is 11.5. The molecule has 0 aliphatic carbocycles. The van der Waals surface area contributed by atoms with Crippen LogP contribution in [0.15, 0.2) is 54.6 Å². The molecule has 254 valence electrons. The Morgan fingerprint density at radius 1 is 0.830 bits per heavy atom. The Morgan fingerprint density at radius 3 is 2.11 bits per heavy atom. The van der Waals surface area contributed by atoms with Crippen LogP contribution < -0.4 is 32.7 Å². The summed E-state index contributed by atoms with van der Waals surface area (Å²) in [5.41, 5.74) is 12.9. The minimum Gasteiger partial charge on any atom is -0.508 e. The number of hydrogen-bond acceptors (Lipinski definition) is 8. The van der Waals surface area contributed by atoms with Crippen LogP contribution in [0.25, 0.3) is 0 Å². The highest BCUT2D eigenvalue weighted by Gasteiger charge is 2.37. The molecule has 0 spiro atoms. The van der Waals surface area contributed by atoms with Crippen molar-refractivity contribution in [2.75, 3.05) is 19.6 Å². The number of nitrogens with zero attached hydrogens (tertiary/aromatic N) is 1. The standard InChI is InChI=1S/C33H45N7O7/c1-20(2)15-26(33(47)40-14-6-9-27(40)30(35)44)39-32(46)25(17-21-7-4-3-5-8-21)38-29(43)19-36-28(42)18-37-31(45)24(34)16-22-10-12-23(41)13-11-22/h3-5,7-8,10-13,20,24-27,41H,6,9,14-19,34H2,1-2H3,(H2,35,44)(H,36,42)(H,37,45)(H,38,43)(H,39,46)/t24-,25-,26-,27+/m0/s1. The van der Waals surface area contributed by atoms with E-state index in [0.29, 0.717) is 25.8 Å². The topological polar surface area (TPSA) is 226 Å². The number of phenols is 1. The maximum absolute atomic E-state index is 13.6. The van der Waals surface area contributed by atoms with Crippen LogP contribution in [-0.2, 0) is 41.6 Å². The van der Waals surface area contributed by atoms with Crippen molar-refractivity contribution in [3.63, 3.8) is 0 Å². The van der Waals surface area contributed by atoms with Gasteiger partial charge in [-0.2, -0.15) is 0 Å². The summed E-state index contributed by atoms with van der Waals surface area (Å²) in [6.45, 7) is 3.26. The average Bonchev–Trinajstić information content (AvgIpc) is 3.53. The molecule has 1 saturated heterocycles. The van der Waals surface area contributed by atoms with Crippen LogP contribution in [0.3, 0.4) is 0 Å². The molecule has 4 atom stereocenters. The Bertz CT molecular complexity index is 1400. The molecule has 14 heteroatoms. The Hall–Kier alpha value is -4.98. The zero-order valence-electron chi connectivity index (χ0n) is 26.7. The van der Waals surface area contributed by atoms with E-state index < -0.39 is 72.7 Å². The van der Waals surface area contributed by atoms with Gasteiger partial charge in [-0.15, -0.1) is 0 Å². The van der Waals surface area contributed by atoms with Gasteiger partial charge >= 0.3 is 0 Å². The zero-order valence-corrected chi connectivity index (χ0v) is 26.7. The fourth-order valence-corrected chi connectivity index (χ4v) is 5.31. The monoisotopic (exact) mass is 651 g/mol. The van der Waals surface area contributed by atoms with Crippen molar-refractivity contribution in [1.82, 2.24) is 26.2 Å². The number of carbonyl (C=O) groups is 6. The number of hydrogen-bond donors (Lipinski definition) is 7. The van der Waals surface area contributed by atoms with Gasteiger partial charge in [0.15, 0.2) is 0 Å². The number of carbonyl (C=O) groups excluding carboxylic acids is 6. The van der Waals surface area contributed by atoms with E-state index in [-0.39, 0.29) is 24.5 Å². The van der Waals surface area contributed by atoms with Crippen LogP contribution in [0.5, 0.6) is 5.75 Å². The Labute approximate surface area is 274 Å². The van der Waals surface area contributed by atoms with E-state index in [1.165, 1.54) is 17.0 Å². The third kappa shape index (κ3) is 11.7. The van der Waals surface area contributed by atoms with Gasteiger partial charge in [0.05, 0.1) is 19.1 Å². The van der Waals surface area contributed by atoms with Crippen LogP contribution in [0, 0.1) is 5.92 Å². The lowest BCUT2D eigenvalue weighted by molar-refractivity contribution is -0.141. The van der Waals surface area contributed by atoms with E-state index in [4.69, 9.17) is 11.5 Å². The number of aromatic hydroxyl groups is 1. The van der Waals surface area contributed by atoms with Crippen LogP contribution in [0.2, 0.25) is 0 Å². The Kier molecular flexibility index (Phi) is 13.7. The van der Waals surface area contributed by atoms with Crippen LogP contribution in [0.4, 0.5) is 0 Å². The molecule has 0 radical (unpaired) electrons. The van der Waals surface area contributed by atoms with Crippen molar-refractivity contribution in [2.45, 2.75) is 70.1 Å². The fourth-order valence-electron chi connectivity index (χ4n) is 5.31. The second-order valence-electron chi connectivity index (χ2n) is 12.1. The van der Waals surface area contributed by atoms with Gasteiger partial charge in [0.1, 0.15) is 23.9 Å². The van der Waals surface area contributed by atoms with Crippen LogP contribution >= 0.6 is 0 Å². The van der Waals surface area contributed by atoms with Crippen molar-refractivity contribution in [1.29, 1.82) is 0 Å². The Balaban J connectivity index is 1.58. The van der Waals surface area contributed by atoms with E-state index in [2.05, 4.69) is 21.3 Å². The fraction of sp³-hybridized carbons (Fsp3) is 0.455. The molecule has 0 unspecified atom stereocenters. The van der Waals surface area contributed by atoms with Crippen LogP contribution in [0.1, 0.15) is 44.2 Å². The molecule has 1 fully saturated rings. The van der Waals surface area contributed by atoms with E-state index >= 15 is 0 Å². The van der Waals surface area contributed by atoms with Crippen molar-refractivity contribution in [2.24, 2.45) is 17.4 Å². The maximum Gasteiger partial charge on any atom is 0.245 e. The minimum atomic E-state index is -1.09. The smallest absolute Gasteiger partial charge is 0.245 e. The van der Waals surface area contributed by atoms with Gasteiger partial charge in [-0.25, -0.2) is 0 Å². The molecule has 2 aromatic rings. The molecule has 0 saturated carbocycles. The predicted octanol–water partition coefficient (Wildman–Crippen LogP) is -0.771. The number of rotatable bonds is 16. The highest BCUT2D eigenvalue weighted by atomic mass is 16.3. The maximum atomic E-state index is 13.6. The van der Waals surface area contributed by atoms with Gasteiger partial charge in [0.2, 0.25) is 35.4 Å². The summed E-state index contributed by atoms with van der Waals surface area (Å²) in [6.07, 6.45) is 1.68. The molecular formula is C33H45N7O7. The third-order valence-electron chi connectivity index (χ3n) is 7.72. The number of likely N-dealkylation sites (tertiary alicyclic amines) is 1. The first-order valence-electron chi connectivity index (χ1n) is 15.6. The largest absolute Gasteiger partial charge is 0.508 e. The van der Waals surface area contributed by atoms with E-state index in [1.54, 1.807) is 36.4 Å². The molecule has 0 aromatic heterocycles. The molecule has 14 nitrogen and oxygen atoms in total. The molecule has 6 amide bonds. The van der Waals surface area contributed by atoms with Gasteiger partial charge < -0.3 is 42.7 Å². The molecule has 9 N–H and O–H groups in total. The van der Waals surface area contributed by atoms with Crippen molar-refractivity contribution < 1.29 is 33.9 Å². The van der Waals surface area contributed by atoms with Gasteiger partial charge in [0.25, 0.3) is 0 Å². The van der Waals surface area contributed by atoms with Crippen LogP contribution in [-0.4, -0.2) is 89.3 Å². The lowest BCUT2D eigenvalue weighted by Crippen LogP contribution is -2.57. The molecule has 2 aromatic carbocycles. The lowest BCUT2D eigenvalue weighted by Gasteiger charge is -2.30. The number of benzene rings is 2. The van der Waals surface area contributed by atoms with Gasteiger partial charge in [-0.1, -0.05) is 56.3 Å². The van der Waals surface area contributed by atoms with E-state index in [0.717, 1.165) is 11.1 Å². The summed E-state index contributed by atoms with van der Waals surface area (Å²) in [4.78, 5) is 78.0. The number of nitrogens with one attached hydrogen (secondary N) is 4. The second kappa shape index (κ2) is 17.6. The van der Waals surface area contributed by atoms with Crippen molar-refractivity contribution in [3.8, 4) is 5.75 Å². The van der Waals surface area contributed by atoms with Crippen molar-refractivity contribution in [3.05, 3.63) is 65.7 Å².